The number of rotatable bonds is 5. The van der Waals surface area contributed by atoms with Gasteiger partial charge in [0.1, 0.15) is 11.5 Å². The average molecular weight is 520 g/mol. The summed E-state index contributed by atoms with van der Waals surface area (Å²) < 4.78 is 6.42. The molecule has 194 valence electrons. The molecule has 0 radical (unpaired) electrons. The van der Waals surface area contributed by atoms with Gasteiger partial charge in [-0.15, -0.1) is 0 Å². The van der Waals surface area contributed by atoms with E-state index in [0.717, 1.165) is 63.3 Å². The Hall–Kier alpha value is -4.83. The number of aromatic nitrogens is 3. The highest BCUT2D eigenvalue weighted by Gasteiger charge is 2.39. The summed E-state index contributed by atoms with van der Waals surface area (Å²) in [4.78, 5) is 14.7. The summed E-state index contributed by atoms with van der Waals surface area (Å²) in [5.41, 5.74) is 8.18. The van der Waals surface area contributed by atoms with Gasteiger partial charge in [-0.25, -0.2) is 9.97 Å². The van der Waals surface area contributed by atoms with E-state index in [2.05, 4.69) is 91.6 Å². The fourth-order valence-corrected chi connectivity index (χ4v) is 6.14. The van der Waals surface area contributed by atoms with Gasteiger partial charge in [0.25, 0.3) is 0 Å². The zero-order valence-electron chi connectivity index (χ0n) is 22.6. The van der Waals surface area contributed by atoms with Crippen LogP contribution in [0, 0.1) is 0 Å². The Morgan fingerprint density at radius 2 is 1.40 bits per heavy atom. The molecular weight excluding hydrogens is 490 g/mol. The molecule has 0 aliphatic carbocycles. The van der Waals surface area contributed by atoms with E-state index in [-0.39, 0.29) is 5.41 Å². The summed E-state index contributed by atoms with van der Waals surface area (Å²) in [6.07, 6.45) is 3.78. The van der Waals surface area contributed by atoms with Crippen LogP contribution >= 0.6 is 0 Å². The highest BCUT2D eigenvalue weighted by atomic mass is 16.5. The molecule has 40 heavy (non-hydrogen) atoms. The Kier molecular flexibility index (Phi) is 5.89. The van der Waals surface area contributed by atoms with Crippen molar-refractivity contribution in [3.8, 4) is 45.4 Å². The fourth-order valence-electron chi connectivity index (χ4n) is 6.14. The molecule has 7 rings (SSSR count). The second-order valence-electron chi connectivity index (χ2n) is 10.3. The summed E-state index contributed by atoms with van der Waals surface area (Å²) in [7, 11) is 0. The lowest BCUT2D eigenvalue weighted by atomic mass is 9.68. The Morgan fingerprint density at radius 3 is 2.25 bits per heavy atom. The van der Waals surface area contributed by atoms with E-state index in [1.165, 1.54) is 11.1 Å². The van der Waals surface area contributed by atoms with Crippen molar-refractivity contribution >= 4 is 10.9 Å². The Balaban J connectivity index is 1.41. The second-order valence-corrected chi connectivity index (χ2v) is 10.3. The van der Waals surface area contributed by atoms with Crippen LogP contribution in [0.1, 0.15) is 37.8 Å². The summed E-state index contributed by atoms with van der Waals surface area (Å²) in [5, 5.41) is 1.03. The van der Waals surface area contributed by atoms with Crippen LogP contribution in [-0.2, 0) is 5.41 Å². The molecule has 1 aliphatic rings. The van der Waals surface area contributed by atoms with E-state index < -0.39 is 0 Å². The number of hydrogen-bond acceptors (Lipinski definition) is 4. The zero-order chi connectivity index (χ0) is 27.1. The van der Waals surface area contributed by atoms with Crippen molar-refractivity contribution in [2.75, 3.05) is 0 Å². The van der Waals surface area contributed by atoms with Crippen LogP contribution in [0.3, 0.4) is 0 Å². The molecule has 0 saturated heterocycles. The molecular formula is C36H29N3O. The van der Waals surface area contributed by atoms with E-state index >= 15 is 0 Å². The van der Waals surface area contributed by atoms with E-state index in [4.69, 9.17) is 14.7 Å². The molecule has 0 atom stereocenters. The molecule has 0 saturated carbocycles. The molecule has 0 bridgehead atoms. The molecule has 6 aromatic rings. The first-order chi connectivity index (χ1) is 19.7. The number of pyridine rings is 1. The number of fused-ring (bicyclic) bond motifs is 3. The highest BCUT2D eigenvalue weighted by molar-refractivity contribution is 5.94. The maximum absolute atomic E-state index is 6.42. The Morgan fingerprint density at radius 1 is 0.625 bits per heavy atom. The third kappa shape index (κ3) is 3.87. The third-order valence-corrected chi connectivity index (χ3v) is 8.28. The van der Waals surface area contributed by atoms with Gasteiger partial charge < -0.3 is 4.74 Å². The van der Waals surface area contributed by atoms with Crippen molar-refractivity contribution in [2.45, 2.75) is 32.1 Å². The van der Waals surface area contributed by atoms with Gasteiger partial charge in [-0.05, 0) is 61.4 Å². The summed E-state index contributed by atoms with van der Waals surface area (Å²) in [6, 6.07) is 37.5. The molecule has 0 amide bonds. The Bertz CT molecular complexity index is 1860. The predicted octanol–water partition coefficient (Wildman–Crippen LogP) is 9.24. The third-order valence-electron chi connectivity index (χ3n) is 8.28. The van der Waals surface area contributed by atoms with Gasteiger partial charge in [-0.3, -0.25) is 4.98 Å². The van der Waals surface area contributed by atoms with E-state index in [1.54, 1.807) is 0 Å². The molecule has 0 fully saturated rings. The number of hydrogen-bond donors (Lipinski definition) is 0. The summed E-state index contributed by atoms with van der Waals surface area (Å²) in [5.74, 6) is 2.57. The molecule has 4 nitrogen and oxygen atoms in total. The molecule has 1 aliphatic heterocycles. The van der Waals surface area contributed by atoms with Crippen LogP contribution in [0.5, 0.6) is 11.5 Å². The van der Waals surface area contributed by atoms with Gasteiger partial charge in [-0.1, -0.05) is 74.5 Å². The topological polar surface area (TPSA) is 47.9 Å². The second kappa shape index (κ2) is 9.73. The van der Waals surface area contributed by atoms with E-state index in [1.807, 2.05) is 42.6 Å². The normalized spacial score (nSPS) is 13.3. The van der Waals surface area contributed by atoms with Crippen molar-refractivity contribution in [3.05, 3.63) is 127 Å². The molecule has 4 heteroatoms. The smallest absolute Gasteiger partial charge is 0.160 e. The molecule has 3 heterocycles. The first-order valence-corrected chi connectivity index (χ1v) is 13.9. The Labute approximate surface area is 234 Å². The number of nitrogens with zero attached hydrogens (tertiary/aromatic N) is 3. The lowest BCUT2D eigenvalue weighted by molar-refractivity contribution is 0.375. The van der Waals surface area contributed by atoms with Gasteiger partial charge >= 0.3 is 0 Å². The van der Waals surface area contributed by atoms with Crippen LogP contribution in [0.4, 0.5) is 0 Å². The van der Waals surface area contributed by atoms with Crippen molar-refractivity contribution in [1.29, 1.82) is 0 Å². The van der Waals surface area contributed by atoms with Crippen molar-refractivity contribution in [1.82, 2.24) is 15.0 Å². The van der Waals surface area contributed by atoms with Crippen LogP contribution in [0.2, 0.25) is 0 Å². The summed E-state index contributed by atoms with van der Waals surface area (Å²) in [6.45, 7) is 4.55. The fraction of sp³-hybridized carbons (Fsp3) is 0.139. The standard InChI is InChI=1S/C36H29N3O/c1-3-36(4-2)28-15-6-8-18-32(28)40-33-20-19-25(23-29(33)36)34-27-14-5-7-17-31(27)38-35(39-34)26-13-11-12-24(22-26)30-16-9-10-21-37-30/h5-23H,3-4H2,1-2H3. The minimum absolute atomic E-state index is 0.122. The van der Waals surface area contributed by atoms with Gasteiger partial charge in [0.05, 0.1) is 16.9 Å². The van der Waals surface area contributed by atoms with Crippen LogP contribution in [0.15, 0.2) is 115 Å². The van der Waals surface area contributed by atoms with Gasteiger partial charge in [0.2, 0.25) is 0 Å². The molecule has 0 spiro atoms. The molecule has 4 aromatic carbocycles. The molecule has 2 aromatic heterocycles. The number of ether oxygens (including phenoxy) is 1. The average Bonchev–Trinajstić information content (AvgIpc) is 3.03. The molecule has 0 N–H and O–H groups in total. The van der Waals surface area contributed by atoms with Crippen LogP contribution in [0.25, 0.3) is 44.8 Å². The first-order valence-electron chi connectivity index (χ1n) is 13.9. The van der Waals surface area contributed by atoms with Crippen molar-refractivity contribution in [3.63, 3.8) is 0 Å². The summed E-state index contributed by atoms with van der Waals surface area (Å²) >= 11 is 0. The van der Waals surface area contributed by atoms with Crippen LogP contribution in [-0.4, -0.2) is 15.0 Å². The first kappa shape index (κ1) is 24.2. The van der Waals surface area contributed by atoms with Gasteiger partial charge in [-0.2, -0.15) is 0 Å². The quantitative estimate of drug-likeness (QED) is 0.228. The van der Waals surface area contributed by atoms with Crippen molar-refractivity contribution in [2.24, 2.45) is 0 Å². The SMILES string of the molecule is CCC1(CC)c2ccccc2Oc2ccc(-c3nc(-c4cccc(-c5ccccn5)c4)nc4ccccc34)cc21. The van der Waals surface area contributed by atoms with E-state index in [9.17, 15) is 0 Å². The molecule has 0 unspecified atom stereocenters. The maximum Gasteiger partial charge on any atom is 0.160 e. The largest absolute Gasteiger partial charge is 0.457 e. The monoisotopic (exact) mass is 519 g/mol. The van der Waals surface area contributed by atoms with Gasteiger partial charge in [0, 0.05) is 44.8 Å². The van der Waals surface area contributed by atoms with Crippen LogP contribution < -0.4 is 4.74 Å². The minimum atomic E-state index is -0.122. The van der Waals surface area contributed by atoms with E-state index in [0.29, 0.717) is 5.82 Å². The highest BCUT2D eigenvalue weighted by Crippen LogP contribution is 2.52. The lowest BCUT2D eigenvalue weighted by Crippen LogP contribution is -2.30. The maximum atomic E-state index is 6.42. The zero-order valence-corrected chi connectivity index (χ0v) is 22.6. The number of para-hydroxylation sites is 2. The lowest BCUT2D eigenvalue weighted by Gasteiger charge is -2.39. The van der Waals surface area contributed by atoms with Gasteiger partial charge in [0.15, 0.2) is 5.82 Å². The predicted molar refractivity (Wildman–Crippen MR) is 162 cm³/mol. The minimum Gasteiger partial charge on any atom is -0.457 e. The van der Waals surface area contributed by atoms with Crippen molar-refractivity contribution < 1.29 is 4.74 Å². The number of benzene rings is 4.